The van der Waals surface area contributed by atoms with Crippen LogP contribution in [0.1, 0.15) is 49.3 Å². The van der Waals surface area contributed by atoms with Gasteiger partial charge in [0.2, 0.25) is 0 Å². The molecule has 110 valence electrons. The molecule has 1 aromatic rings. The van der Waals surface area contributed by atoms with Gasteiger partial charge in [-0.1, -0.05) is 6.07 Å². The molecule has 20 heavy (non-hydrogen) atoms. The Labute approximate surface area is 121 Å². The van der Waals surface area contributed by atoms with Crippen molar-refractivity contribution in [3.8, 4) is 5.75 Å². The zero-order valence-corrected chi connectivity index (χ0v) is 12.4. The van der Waals surface area contributed by atoms with Crippen LogP contribution in [-0.4, -0.2) is 26.4 Å². The molecule has 1 aromatic carbocycles. The quantitative estimate of drug-likeness (QED) is 0.809. The van der Waals surface area contributed by atoms with Crippen molar-refractivity contribution in [2.45, 2.75) is 50.7 Å². The molecule has 1 fully saturated rings. The molecule has 1 heterocycles. The molecule has 2 atom stereocenters. The maximum Gasteiger partial charge on any atom is 0.119 e. The van der Waals surface area contributed by atoms with Gasteiger partial charge in [-0.15, -0.1) is 0 Å². The van der Waals surface area contributed by atoms with Crippen molar-refractivity contribution in [2.24, 2.45) is 0 Å². The van der Waals surface area contributed by atoms with Crippen LogP contribution in [0.4, 0.5) is 0 Å². The number of rotatable bonds is 6. The average Bonchev–Trinajstić information content (AvgIpc) is 3.12. The number of hydrogen-bond donors (Lipinski definition) is 1. The van der Waals surface area contributed by atoms with Crippen LogP contribution >= 0.6 is 0 Å². The molecular weight excluding hydrogens is 250 g/mol. The van der Waals surface area contributed by atoms with Crippen molar-refractivity contribution in [3.05, 3.63) is 29.3 Å². The Bertz CT molecular complexity index is 441. The standard InChI is InChI=1S/C17H25NO2/c1-18-17-9-6-13-12-15(7-8-16(13)17)20-11-3-5-14-4-2-10-19-14/h7-8,12,14,17-18H,2-6,9-11H2,1H3. The lowest BCUT2D eigenvalue weighted by Crippen LogP contribution is -2.12. The van der Waals surface area contributed by atoms with Gasteiger partial charge < -0.3 is 14.8 Å². The number of hydrogen-bond acceptors (Lipinski definition) is 3. The maximum absolute atomic E-state index is 5.88. The molecule has 0 saturated carbocycles. The van der Waals surface area contributed by atoms with E-state index in [9.17, 15) is 0 Å². The minimum absolute atomic E-state index is 0.481. The topological polar surface area (TPSA) is 30.5 Å². The summed E-state index contributed by atoms with van der Waals surface area (Å²) in [6, 6.07) is 7.08. The van der Waals surface area contributed by atoms with Gasteiger partial charge in [0.1, 0.15) is 5.75 Å². The van der Waals surface area contributed by atoms with E-state index in [0.29, 0.717) is 12.1 Å². The van der Waals surface area contributed by atoms with Crippen molar-refractivity contribution in [2.75, 3.05) is 20.3 Å². The van der Waals surface area contributed by atoms with Crippen molar-refractivity contribution in [1.82, 2.24) is 5.32 Å². The molecule has 2 aliphatic rings. The van der Waals surface area contributed by atoms with Crippen molar-refractivity contribution >= 4 is 0 Å². The first-order valence-corrected chi connectivity index (χ1v) is 7.91. The first-order chi connectivity index (χ1) is 9.86. The van der Waals surface area contributed by atoms with Gasteiger partial charge in [-0.3, -0.25) is 0 Å². The molecule has 3 rings (SSSR count). The van der Waals surface area contributed by atoms with Gasteiger partial charge in [0, 0.05) is 12.6 Å². The molecular formula is C17H25NO2. The number of ether oxygens (including phenoxy) is 2. The van der Waals surface area contributed by atoms with Crippen molar-refractivity contribution in [3.63, 3.8) is 0 Å². The minimum Gasteiger partial charge on any atom is -0.494 e. The van der Waals surface area contributed by atoms with Gasteiger partial charge in [0.05, 0.1) is 12.7 Å². The highest BCUT2D eigenvalue weighted by molar-refractivity contribution is 5.40. The molecule has 3 heteroatoms. The lowest BCUT2D eigenvalue weighted by atomic mass is 10.1. The predicted octanol–water partition coefficient (Wildman–Crippen LogP) is 3.23. The summed E-state index contributed by atoms with van der Waals surface area (Å²) >= 11 is 0. The number of fused-ring (bicyclic) bond motifs is 1. The summed E-state index contributed by atoms with van der Waals surface area (Å²) in [5, 5.41) is 3.37. The first-order valence-electron chi connectivity index (χ1n) is 7.91. The lowest BCUT2D eigenvalue weighted by Gasteiger charge is -2.12. The van der Waals surface area contributed by atoms with Crippen molar-refractivity contribution in [1.29, 1.82) is 0 Å². The molecule has 1 aliphatic heterocycles. The summed E-state index contributed by atoms with van der Waals surface area (Å²) in [5.74, 6) is 1.02. The maximum atomic E-state index is 5.88. The van der Waals surface area contributed by atoms with E-state index in [2.05, 4.69) is 23.5 Å². The van der Waals surface area contributed by atoms with Crippen LogP contribution in [0.15, 0.2) is 18.2 Å². The second-order valence-corrected chi connectivity index (χ2v) is 5.87. The van der Waals surface area contributed by atoms with Crippen LogP contribution < -0.4 is 10.1 Å². The van der Waals surface area contributed by atoms with Gasteiger partial charge >= 0.3 is 0 Å². The first kappa shape index (κ1) is 13.9. The highest BCUT2D eigenvalue weighted by atomic mass is 16.5. The fourth-order valence-electron chi connectivity index (χ4n) is 3.36. The van der Waals surface area contributed by atoms with Gasteiger partial charge in [-0.25, -0.2) is 0 Å². The number of aryl methyl sites for hydroxylation is 1. The molecule has 0 spiro atoms. The summed E-state index contributed by atoms with van der Waals surface area (Å²) in [5.41, 5.74) is 2.89. The van der Waals surface area contributed by atoms with Gasteiger partial charge in [-0.2, -0.15) is 0 Å². The fraction of sp³-hybridized carbons (Fsp3) is 0.647. The van der Waals surface area contributed by atoms with Crippen LogP contribution in [0.3, 0.4) is 0 Å². The number of nitrogens with one attached hydrogen (secondary N) is 1. The SMILES string of the molecule is CNC1CCc2cc(OCCCC3CCCO3)ccc21. The van der Waals surface area contributed by atoms with E-state index in [1.807, 2.05) is 7.05 Å². The Hall–Kier alpha value is -1.06. The van der Waals surface area contributed by atoms with E-state index in [4.69, 9.17) is 9.47 Å². The van der Waals surface area contributed by atoms with E-state index in [0.717, 1.165) is 38.2 Å². The van der Waals surface area contributed by atoms with Crippen LogP contribution in [0.5, 0.6) is 5.75 Å². The molecule has 1 aliphatic carbocycles. The van der Waals surface area contributed by atoms with Crippen LogP contribution in [0.2, 0.25) is 0 Å². The average molecular weight is 275 g/mol. The molecule has 0 aromatic heterocycles. The van der Waals surface area contributed by atoms with E-state index in [1.54, 1.807) is 0 Å². The molecule has 2 unspecified atom stereocenters. The number of benzene rings is 1. The molecule has 0 bridgehead atoms. The van der Waals surface area contributed by atoms with Gasteiger partial charge in [0.15, 0.2) is 0 Å². The smallest absolute Gasteiger partial charge is 0.119 e. The third-order valence-electron chi connectivity index (χ3n) is 4.50. The van der Waals surface area contributed by atoms with E-state index in [-0.39, 0.29) is 0 Å². The molecule has 3 nitrogen and oxygen atoms in total. The molecule has 0 amide bonds. The fourth-order valence-corrected chi connectivity index (χ4v) is 3.36. The third-order valence-corrected chi connectivity index (χ3v) is 4.50. The van der Waals surface area contributed by atoms with E-state index < -0.39 is 0 Å². The van der Waals surface area contributed by atoms with Crippen LogP contribution in [0, 0.1) is 0 Å². The summed E-state index contributed by atoms with van der Waals surface area (Å²) in [4.78, 5) is 0. The summed E-state index contributed by atoms with van der Waals surface area (Å²) in [6.45, 7) is 1.75. The second kappa shape index (κ2) is 6.59. The van der Waals surface area contributed by atoms with Gasteiger partial charge in [-0.05, 0) is 68.8 Å². The zero-order valence-electron chi connectivity index (χ0n) is 12.4. The summed E-state index contributed by atoms with van der Waals surface area (Å²) < 4.78 is 11.5. The van der Waals surface area contributed by atoms with Gasteiger partial charge in [0.25, 0.3) is 0 Å². The Morgan fingerprint density at radius 1 is 1.35 bits per heavy atom. The monoisotopic (exact) mass is 275 g/mol. The zero-order chi connectivity index (χ0) is 13.8. The highest BCUT2D eigenvalue weighted by Gasteiger charge is 2.21. The van der Waals surface area contributed by atoms with Crippen LogP contribution in [-0.2, 0) is 11.2 Å². The lowest BCUT2D eigenvalue weighted by molar-refractivity contribution is 0.0981. The van der Waals surface area contributed by atoms with E-state index >= 15 is 0 Å². The van der Waals surface area contributed by atoms with Crippen molar-refractivity contribution < 1.29 is 9.47 Å². The van der Waals surface area contributed by atoms with E-state index in [1.165, 1.54) is 30.4 Å². The Balaban J connectivity index is 1.46. The molecule has 1 saturated heterocycles. The minimum atomic E-state index is 0.481. The highest BCUT2D eigenvalue weighted by Crippen LogP contribution is 2.33. The third kappa shape index (κ3) is 3.15. The Kier molecular flexibility index (Phi) is 4.58. The summed E-state index contributed by atoms with van der Waals surface area (Å²) in [6.07, 6.45) is 7.51. The summed E-state index contributed by atoms with van der Waals surface area (Å²) in [7, 11) is 2.04. The molecule has 1 N–H and O–H groups in total. The molecule has 0 radical (unpaired) electrons. The largest absolute Gasteiger partial charge is 0.494 e. The normalized spacial score (nSPS) is 24.9. The predicted molar refractivity (Wildman–Crippen MR) is 80.3 cm³/mol. The Morgan fingerprint density at radius 2 is 2.30 bits per heavy atom. The Morgan fingerprint density at radius 3 is 3.10 bits per heavy atom. The second-order valence-electron chi connectivity index (χ2n) is 5.87. The van der Waals surface area contributed by atoms with Crippen LogP contribution in [0.25, 0.3) is 0 Å².